The summed E-state index contributed by atoms with van der Waals surface area (Å²) in [4.78, 5) is 39.9. The highest BCUT2D eigenvalue weighted by Gasteiger charge is 2.34. The van der Waals surface area contributed by atoms with Gasteiger partial charge in [-0.15, -0.1) is 0 Å². The molecule has 0 heterocycles. The van der Waals surface area contributed by atoms with Gasteiger partial charge in [-0.25, -0.2) is 4.79 Å². The molecule has 0 aliphatic rings. The SMILES string of the molecule is CCN(C(=O)C(C)NC(=O)OC(C)(C)C)C(C(=O)NC(C)C)c1cc(C)cc(C)c1. The Hall–Kier alpha value is -2.57. The fraction of sp³-hybridized carbons (Fsp3) is 0.609. The molecule has 2 N–H and O–H groups in total. The molecular formula is C23H37N3O4. The monoisotopic (exact) mass is 419 g/mol. The van der Waals surface area contributed by atoms with Gasteiger partial charge in [-0.1, -0.05) is 29.3 Å². The molecular weight excluding hydrogens is 382 g/mol. The van der Waals surface area contributed by atoms with Crippen LogP contribution < -0.4 is 10.6 Å². The first-order valence-corrected chi connectivity index (χ1v) is 10.4. The third kappa shape index (κ3) is 7.69. The van der Waals surface area contributed by atoms with Crippen molar-refractivity contribution >= 4 is 17.9 Å². The number of likely N-dealkylation sites (N-methyl/N-ethyl adjacent to an activating group) is 1. The van der Waals surface area contributed by atoms with E-state index in [9.17, 15) is 14.4 Å². The summed E-state index contributed by atoms with van der Waals surface area (Å²) < 4.78 is 5.25. The molecule has 168 valence electrons. The summed E-state index contributed by atoms with van der Waals surface area (Å²) in [5.41, 5.74) is 2.09. The lowest BCUT2D eigenvalue weighted by Crippen LogP contribution is -2.52. The number of hydrogen-bond acceptors (Lipinski definition) is 4. The number of nitrogens with one attached hydrogen (secondary N) is 2. The zero-order valence-corrected chi connectivity index (χ0v) is 19.8. The van der Waals surface area contributed by atoms with Crippen molar-refractivity contribution in [3.63, 3.8) is 0 Å². The fourth-order valence-corrected chi connectivity index (χ4v) is 3.26. The Morgan fingerprint density at radius 3 is 1.97 bits per heavy atom. The van der Waals surface area contributed by atoms with Crippen LogP contribution in [0.3, 0.4) is 0 Å². The van der Waals surface area contributed by atoms with E-state index in [0.717, 1.165) is 16.7 Å². The fourth-order valence-electron chi connectivity index (χ4n) is 3.26. The molecule has 0 aliphatic carbocycles. The van der Waals surface area contributed by atoms with Gasteiger partial charge in [-0.05, 0) is 67.9 Å². The minimum Gasteiger partial charge on any atom is -0.444 e. The van der Waals surface area contributed by atoms with E-state index in [1.165, 1.54) is 4.90 Å². The van der Waals surface area contributed by atoms with E-state index in [1.807, 2.05) is 52.8 Å². The first-order valence-electron chi connectivity index (χ1n) is 10.4. The Kier molecular flexibility index (Phi) is 8.88. The lowest BCUT2D eigenvalue weighted by atomic mass is 9.98. The van der Waals surface area contributed by atoms with Crippen molar-refractivity contribution in [3.8, 4) is 0 Å². The molecule has 0 saturated carbocycles. The summed E-state index contributed by atoms with van der Waals surface area (Å²) in [5, 5.41) is 5.49. The molecule has 1 aromatic rings. The third-order valence-electron chi connectivity index (χ3n) is 4.28. The highest BCUT2D eigenvalue weighted by Crippen LogP contribution is 2.25. The Morgan fingerprint density at radius 1 is 1.00 bits per heavy atom. The number of aryl methyl sites for hydroxylation is 2. The number of alkyl carbamates (subject to hydrolysis) is 1. The molecule has 30 heavy (non-hydrogen) atoms. The molecule has 0 saturated heterocycles. The second-order valence-electron chi connectivity index (χ2n) is 8.98. The van der Waals surface area contributed by atoms with E-state index in [0.29, 0.717) is 6.54 Å². The summed E-state index contributed by atoms with van der Waals surface area (Å²) in [7, 11) is 0. The van der Waals surface area contributed by atoms with Crippen molar-refractivity contribution in [1.29, 1.82) is 0 Å². The van der Waals surface area contributed by atoms with Gasteiger partial charge in [0.05, 0.1) is 0 Å². The molecule has 0 bridgehead atoms. The molecule has 7 nitrogen and oxygen atoms in total. The van der Waals surface area contributed by atoms with Crippen LogP contribution >= 0.6 is 0 Å². The average Bonchev–Trinajstić information content (AvgIpc) is 2.55. The van der Waals surface area contributed by atoms with Gasteiger partial charge in [0.25, 0.3) is 0 Å². The lowest BCUT2D eigenvalue weighted by Gasteiger charge is -2.33. The maximum Gasteiger partial charge on any atom is 0.408 e. The zero-order valence-electron chi connectivity index (χ0n) is 19.8. The molecule has 0 aromatic heterocycles. The van der Waals surface area contributed by atoms with Crippen molar-refractivity contribution in [2.75, 3.05) is 6.54 Å². The molecule has 1 rings (SSSR count). The number of hydrogen-bond donors (Lipinski definition) is 2. The smallest absolute Gasteiger partial charge is 0.408 e. The van der Waals surface area contributed by atoms with Crippen LogP contribution in [0.5, 0.6) is 0 Å². The van der Waals surface area contributed by atoms with Gasteiger partial charge in [0.1, 0.15) is 17.7 Å². The van der Waals surface area contributed by atoms with E-state index in [2.05, 4.69) is 10.6 Å². The van der Waals surface area contributed by atoms with Crippen LogP contribution in [0.2, 0.25) is 0 Å². The molecule has 0 aliphatic heterocycles. The van der Waals surface area contributed by atoms with E-state index < -0.39 is 23.8 Å². The van der Waals surface area contributed by atoms with Crippen LogP contribution in [0.4, 0.5) is 4.79 Å². The Balaban J connectivity index is 3.22. The first-order chi connectivity index (χ1) is 13.7. The second kappa shape index (κ2) is 10.5. The number of ether oxygens (including phenoxy) is 1. The molecule has 0 radical (unpaired) electrons. The van der Waals surface area contributed by atoms with E-state index in [1.54, 1.807) is 27.7 Å². The number of rotatable bonds is 7. The van der Waals surface area contributed by atoms with E-state index in [-0.39, 0.29) is 17.9 Å². The summed E-state index contributed by atoms with van der Waals surface area (Å²) in [6.45, 7) is 16.6. The molecule has 2 atom stereocenters. The summed E-state index contributed by atoms with van der Waals surface area (Å²) in [6.07, 6.45) is -0.672. The molecule has 0 spiro atoms. The van der Waals surface area contributed by atoms with Gasteiger partial charge < -0.3 is 20.3 Å². The van der Waals surface area contributed by atoms with Crippen molar-refractivity contribution in [1.82, 2.24) is 15.5 Å². The van der Waals surface area contributed by atoms with Gasteiger partial charge in [0.2, 0.25) is 11.8 Å². The van der Waals surface area contributed by atoms with Gasteiger partial charge in [-0.3, -0.25) is 9.59 Å². The van der Waals surface area contributed by atoms with E-state index >= 15 is 0 Å². The molecule has 2 unspecified atom stereocenters. The average molecular weight is 420 g/mol. The van der Waals surface area contributed by atoms with Crippen LogP contribution in [-0.2, 0) is 14.3 Å². The molecule has 1 aromatic carbocycles. The summed E-state index contributed by atoms with van der Waals surface area (Å²) in [6, 6.07) is 4.13. The van der Waals surface area contributed by atoms with Crippen LogP contribution in [0.15, 0.2) is 18.2 Å². The minimum atomic E-state index is -0.847. The minimum absolute atomic E-state index is 0.0722. The van der Waals surface area contributed by atoms with Crippen LogP contribution in [0, 0.1) is 13.8 Å². The van der Waals surface area contributed by atoms with Crippen molar-refractivity contribution in [2.45, 2.75) is 86.0 Å². The largest absolute Gasteiger partial charge is 0.444 e. The maximum absolute atomic E-state index is 13.2. The molecule has 0 fully saturated rings. The normalized spacial score (nSPS) is 13.4. The Morgan fingerprint density at radius 2 is 1.53 bits per heavy atom. The summed E-state index contributed by atoms with van der Waals surface area (Å²) >= 11 is 0. The second-order valence-corrected chi connectivity index (χ2v) is 8.98. The standard InChI is InChI=1S/C23H37N3O4/c1-10-26(21(28)17(6)25-22(29)30-23(7,8)9)19(20(27)24-14(2)3)18-12-15(4)11-16(5)13-18/h11-14,17,19H,10H2,1-9H3,(H,24,27)(H,25,29). The quantitative estimate of drug-likeness (QED) is 0.706. The van der Waals surface area contributed by atoms with Crippen molar-refractivity contribution < 1.29 is 19.1 Å². The number of carbonyl (C=O) groups is 3. The summed E-state index contributed by atoms with van der Waals surface area (Å²) in [5.74, 6) is -0.610. The third-order valence-corrected chi connectivity index (χ3v) is 4.28. The highest BCUT2D eigenvalue weighted by atomic mass is 16.6. The number of benzene rings is 1. The number of amides is 3. The highest BCUT2D eigenvalue weighted by molar-refractivity contribution is 5.92. The Bertz CT molecular complexity index is 748. The topological polar surface area (TPSA) is 87.7 Å². The maximum atomic E-state index is 13.2. The van der Waals surface area contributed by atoms with Crippen LogP contribution in [0.25, 0.3) is 0 Å². The van der Waals surface area contributed by atoms with Crippen molar-refractivity contribution in [2.24, 2.45) is 0 Å². The van der Waals surface area contributed by atoms with Crippen LogP contribution in [-0.4, -0.2) is 47.0 Å². The Labute approximate surface area is 180 Å². The van der Waals surface area contributed by atoms with Gasteiger partial charge in [0.15, 0.2) is 0 Å². The van der Waals surface area contributed by atoms with Crippen LogP contribution in [0.1, 0.15) is 71.2 Å². The first kappa shape index (κ1) is 25.5. The zero-order chi connectivity index (χ0) is 23.2. The van der Waals surface area contributed by atoms with Gasteiger partial charge in [0, 0.05) is 12.6 Å². The van der Waals surface area contributed by atoms with Gasteiger partial charge >= 0.3 is 6.09 Å². The van der Waals surface area contributed by atoms with Crippen molar-refractivity contribution in [3.05, 3.63) is 34.9 Å². The predicted octanol–water partition coefficient (Wildman–Crippen LogP) is 3.63. The predicted molar refractivity (Wildman–Crippen MR) is 118 cm³/mol. The lowest BCUT2D eigenvalue weighted by molar-refractivity contribution is -0.142. The van der Waals surface area contributed by atoms with Gasteiger partial charge in [-0.2, -0.15) is 0 Å². The molecule has 7 heteroatoms. The number of carbonyl (C=O) groups excluding carboxylic acids is 3. The number of nitrogens with zero attached hydrogens (tertiary/aromatic N) is 1. The van der Waals surface area contributed by atoms with E-state index in [4.69, 9.17) is 4.74 Å². The molecule has 3 amide bonds.